The van der Waals surface area contributed by atoms with Crippen molar-refractivity contribution in [2.24, 2.45) is 0 Å². The summed E-state index contributed by atoms with van der Waals surface area (Å²) in [4.78, 5) is 11.8. The van der Waals surface area contributed by atoms with Gasteiger partial charge in [-0.1, -0.05) is 0 Å². The second-order valence-electron chi connectivity index (χ2n) is 4.84. The van der Waals surface area contributed by atoms with Gasteiger partial charge in [0, 0.05) is 25.0 Å². The summed E-state index contributed by atoms with van der Waals surface area (Å²) in [6, 6.07) is 0.181. The zero-order chi connectivity index (χ0) is 11.6. The maximum absolute atomic E-state index is 11.8. The first-order valence-corrected chi connectivity index (χ1v) is 5.31. The number of aryl methyl sites for hydroxylation is 1. The highest BCUT2D eigenvalue weighted by molar-refractivity contribution is 4.84. The SMILES string of the molecule is CC(C)n1ccn(CCC(C)(C)O)c1=O. The van der Waals surface area contributed by atoms with E-state index in [-0.39, 0.29) is 11.7 Å². The predicted molar refractivity (Wildman–Crippen MR) is 60.0 cm³/mol. The molecule has 1 rings (SSSR count). The van der Waals surface area contributed by atoms with Crippen molar-refractivity contribution < 1.29 is 5.11 Å². The monoisotopic (exact) mass is 212 g/mol. The highest BCUT2D eigenvalue weighted by atomic mass is 16.3. The topological polar surface area (TPSA) is 47.2 Å². The normalized spacial score (nSPS) is 12.4. The van der Waals surface area contributed by atoms with E-state index >= 15 is 0 Å². The summed E-state index contributed by atoms with van der Waals surface area (Å²) < 4.78 is 3.32. The lowest BCUT2D eigenvalue weighted by Gasteiger charge is -2.16. The molecule has 86 valence electrons. The first-order chi connectivity index (χ1) is 6.81. The molecule has 0 radical (unpaired) electrons. The first-order valence-electron chi connectivity index (χ1n) is 5.31. The van der Waals surface area contributed by atoms with Crippen LogP contribution in [-0.2, 0) is 6.54 Å². The molecule has 0 saturated carbocycles. The summed E-state index contributed by atoms with van der Waals surface area (Å²) >= 11 is 0. The molecule has 1 heterocycles. The number of aliphatic hydroxyl groups is 1. The molecule has 0 unspecified atom stereocenters. The third-order valence-electron chi connectivity index (χ3n) is 2.39. The van der Waals surface area contributed by atoms with Crippen molar-refractivity contribution in [2.45, 2.75) is 52.3 Å². The van der Waals surface area contributed by atoms with E-state index in [9.17, 15) is 9.90 Å². The van der Waals surface area contributed by atoms with Crippen LogP contribution in [0.4, 0.5) is 0 Å². The maximum atomic E-state index is 11.8. The Morgan fingerprint density at radius 1 is 1.40 bits per heavy atom. The van der Waals surface area contributed by atoms with Gasteiger partial charge in [0.2, 0.25) is 0 Å². The van der Waals surface area contributed by atoms with Crippen molar-refractivity contribution in [2.75, 3.05) is 0 Å². The zero-order valence-corrected chi connectivity index (χ0v) is 9.90. The number of imidazole rings is 1. The summed E-state index contributed by atoms with van der Waals surface area (Å²) in [7, 11) is 0. The Bertz CT molecular complexity index is 369. The third-order valence-corrected chi connectivity index (χ3v) is 2.39. The fraction of sp³-hybridized carbons (Fsp3) is 0.727. The van der Waals surface area contributed by atoms with Crippen molar-refractivity contribution in [3.63, 3.8) is 0 Å². The first kappa shape index (κ1) is 12.0. The number of rotatable bonds is 4. The van der Waals surface area contributed by atoms with Gasteiger partial charge in [-0.3, -0.25) is 9.13 Å². The van der Waals surface area contributed by atoms with Gasteiger partial charge in [0.15, 0.2) is 0 Å². The van der Waals surface area contributed by atoms with Gasteiger partial charge in [0.25, 0.3) is 0 Å². The van der Waals surface area contributed by atoms with Crippen LogP contribution in [0.5, 0.6) is 0 Å². The van der Waals surface area contributed by atoms with Gasteiger partial charge < -0.3 is 5.11 Å². The van der Waals surface area contributed by atoms with E-state index in [2.05, 4.69) is 0 Å². The molecular weight excluding hydrogens is 192 g/mol. The lowest BCUT2D eigenvalue weighted by Crippen LogP contribution is -2.28. The Morgan fingerprint density at radius 3 is 2.40 bits per heavy atom. The summed E-state index contributed by atoms with van der Waals surface area (Å²) in [6.07, 6.45) is 4.14. The zero-order valence-electron chi connectivity index (χ0n) is 9.90. The van der Waals surface area contributed by atoms with Crippen LogP contribution in [0.25, 0.3) is 0 Å². The highest BCUT2D eigenvalue weighted by Gasteiger charge is 2.13. The molecule has 15 heavy (non-hydrogen) atoms. The molecule has 1 N–H and O–H groups in total. The predicted octanol–water partition coefficient (Wildman–Crippen LogP) is 1.39. The van der Waals surface area contributed by atoms with Crippen LogP contribution < -0.4 is 5.69 Å². The van der Waals surface area contributed by atoms with Crippen molar-refractivity contribution >= 4 is 0 Å². The van der Waals surface area contributed by atoms with Gasteiger partial charge in [-0.05, 0) is 34.1 Å². The van der Waals surface area contributed by atoms with Gasteiger partial charge in [-0.2, -0.15) is 0 Å². The van der Waals surface area contributed by atoms with Crippen LogP contribution in [0.2, 0.25) is 0 Å². The minimum atomic E-state index is -0.723. The lowest BCUT2D eigenvalue weighted by atomic mass is 10.1. The largest absolute Gasteiger partial charge is 0.390 e. The number of hydrogen-bond acceptors (Lipinski definition) is 2. The minimum Gasteiger partial charge on any atom is -0.390 e. The van der Waals surface area contributed by atoms with Crippen molar-refractivity contribution in [3.05, 3.63) is 22.9 Å². The second-order valence-corrected chi connectivity index (χ2v) is 4.84. The molecule has 0 spiro atoms. The summed E-state index contributed by atoms with van der Waals surface area (Å²) in [5.74, 6) is 0. The van der Waals surface area contributed by atoms with Gasteiger partial charge >= 0.3 is 5.69 Å². The van der Waals surface area contributed by atoms with Gasteiger partial charge in [-0.25, -0.2) is 4.79 Å². The molecule has 0 bridgehead atoms. The van der Waals surface area contributed by atoms with E-state index in [1.807, 2.05) is 13.8 Å². The molecule has 0 aliphatic carbocycles. The Labute approximate surface area is 90.2 Å². The van der Waals surface area contributed by atoms with E-state index in [0.29, 0.717) is 13.0 Å². The fourth-order valence-corrected chi connectivity index (χ4v) is 1.39. The molecule has 1 aromatic heterocycles. The van der Waals surface area contributed by atoms with Crippen molar-refractivity contribution in [1.82, 2.24) is 9.13 Å². The quantitative estimate of drug-likeness (QED) is 0.820. The molecule has 0 fully saturated rings. The van der Waals surface area contributed by atoms with E-state index in [4.69, 9.17) is 0 Å². The van der Waals surface area contributed by atoms with Crippen LogP contribution in [0.3, 0.4) is 0 Å². The summed E-state index contributed by atoms with van der Waals surface area (Å²) in [6.45, 7) is 8.00. The molecule has 1 aromatic rings. The minimum absolute atomic E-state index is 0.00532. The Balaban J connectivity index is 2.76. The molecule has 0 aliphatic heterocycles. The number of aromatic nitrogens is 2. The third kappa shape index (κ3) is 3.23. The van der Waals surface area contributed by atoms with Gasteiger partial charge in [0.1, 0.15) is 0 Å². The van der Waals surface area contributed by atoms with E-state index < -0.39 is 5.60 Å². The van der Waals surface area contributed by atoms with Gasteiger partial charge in [0.05, 0.1) is 5.60 Å². The Hall–Kier alpha value is -1.03. The standard InChI is InChI=1S/C11H20N2O2/c1-9(2)13-8-7-12(10(13)14)6-5-11(3,4)15/h7-9,15H,5-6H2,1-4H3. The van der Waals surface area contributed by atoms with Crippen LogP contribution >= 0.6 is 0 Å². The van der Waals surface area contributed by atoms with E-state index in [1.165, 1.54) is 0 Å². The molecule has 0 saturated heterocycles. The molecule has 4 heteroatoms. The molecular formula is C11H20N2O2. The van der Waals surface area contributed by atoms with Crippen molar-refractivity contribution in [1.29, 1.82) is 0 Å². The molecule has 4 nitrogen and oxygen atoms in total. The van der Waals surface area contributed by atoms with Crippen LogP contribution in [-0.4, -0.2) is 19.8 Å². The molecule has 0 aromatic carbocycles. The fourth-order valence-electron chi connectivity index (χ4n) is 1.39. The number of hydrogen-bond donors (Lipinski definition) is 1. The lowest BCUT2D eigenvalue weighted by molar-refractivity contribution is 0.0659. The summed E-state index contributed by atoms with van der Waals surface area (Å²) in [5.41, 5.74) is -0.728. The van der Waals surface area contributed by atoms with Crippen molar-refractivity contribution in [3.8, 4) is 0 Å². The van der Waals surface area contributed by atoms with Gasteiger partial charge in [-0.15, -0.1) is 0 Å². The summed E-state index contributed by atoms with van der Waals surface area (Å²) in [5, 5.41) is 9.56. The average molecular weight is 212 g/mol. The maximum Gasteiger partial charge on any atom is 0.328 e. The highest BCUT2D eigenvalue weighted by Crippen LogP contribution is 2.08. The van der Waals surface area contributed by atoms with Crippen LogP contribution in [0.1, 0.15) is 40.2 Å². The Kier molecular flexibility index (Phi) is 3.39. The van der Waals surface area contributed by atoms with E-state index in [0.717, 1.165) is 0 Å². The average Bonchev–Trinajstić information content (AvgIpc) is 2.42. The Morgan fingerprint density at radius 2 is 2.00 bits per heavy atom. The van der Waals surface area contributed by atoms with Crippen LogP contribution in [0, 0.1) is 0 Å². The molecule has 0 amide bonds. The molecule has 0 atom stereocenters. The second kappa shape index (κ2) is 4.23. The smallest absolute Gasteiger partial charge is 0.328 e. The number of nitrogens with zero attached hydrogens (tertiary/aromatic N) is 2. The van der Waals surface area contributed by atoms with E-state index in [1.54, 1.807) is 35.4 Å². The molecule has 0 aliphatic rings. The van der Waals surface area contributed by atoms with Crippen LogP contribution in [0.15, 0.2) is 17.2 Å².